The standard InChI is InChI=1S/C17H16ClN5O3/c1-25-13-6-4-12(5-7-13)23-16(20-21-22-23)10-19-17(24)14-9-11(18)3-8-15(14)26-2/h3-9H,10H2,1-2H3,(H,19,24). The molecule has 1 N–H and O–H groups in total. The molecule has 0 saturated heterocycles. The van der Waals surface area contributed by atoms with Gasteiger partial charge in [-0.3, -0.25) is 4.79 Å². The molecule has 0 fully saturated rings. The van der Waals surface area contributed by atoms with Crippen molar-refractivity contribution in [2.75, 3.05) is 14.2 Å². The van der Waals surface area contributed by atoms with Crippen LogP contribution in [0, 0.1) is 0 Å². The molecule has 0 saturated carbocycles. The van der Waals surface area contributed by atoms with Crippen molar-refractivity contribution in [3.05, 3.63) is 58.9 Å². The summed E-state index contributed by atoms with van der Waals surface area (Å²) in [6, 6.07) is 12.1. The molecule has 0 aliphatic carbocycles. The van der Waals surface area contributed by atoms with Crippen LogP contribution in [0.25, 0.3) is 5.69 Å². The number of hydrogen-bond donors (Lipinski definition) is 1. The predicted molar refractivity (Wildman–Crippen MR) is 94.9 cm³/mol. The van der Waals surface area contributed by atoms with Gasteiger partial charge in [-0.25, -0.2) is 0 Å². The number of amides is 1. The SMILES string of the molecule is COc1ccc(-n2nnnc2CNC(=O)c2cc(Cl)ccc2OC)cc1. The highest BCUT2D eigenvalue weighted by molar-refractivity contribution is 6.31. The van der Waals surface area contributed by atoms with Crippen LogP contribution in [0.3, 0.4) is 0 Å². The van der Waals surface area contributed by atoms with Crippen molar-refractivity contribution in [3.8, 4) is 17.2 Å². The largest absolute Gasteiger partial charge is 0.497 e. The summed E-state index contributed by atoms with van der Waals surface area (Å²) in [4.78, 5) is 12.5. The molecule has 0 aliphatic rings. The number of carbonyl (C=O) groups excluding carboxylic acids is 1. The fraction of sp³-hybridized carbons (Fsp3) is 0.176. The number of benzene rings is 2. The number of tetrazole rings is 1. The van der Waals surface area contributed by atoms with Gasteiger partial charge in [0.15, 0.2) is 5.82 Å². The van der Waals surface area contributed by atoms with E-state index in [9.17, 15) is 4.79 Å². The van der Waals surface area contributed by atoms with Crippen molar-refractivity contribution >= 4 is 17.5 Å². The lowest BCUT2D eigenvalue weighted by Crippen LogP contribution is -2.25. The molecule has 1 heterocycles. The van der Waals surface area contributed by atoms with Gasteiger partial charge in [-0.2, -0.15) is 4.68 Å². The van der Waals surface area contributed by atoms with Gasteiger partial charge in [0.1, 0.15) is 11.5 Å². The van der Waals surface area contributed by atoms with Crippen LogP contribution in [-0.4, -0.2) is 40.3 Å². The Morgan fingerprint density at radius 3 is 2.62 bits per heavy atom. The number of nitrogens with zero attached hydrogens (tertiary/aromatic N) is 4. The van der Waals surface area contributed by atoms with Gasteiger partial charge in [-0.05, 0) is 52.9 Å². The highest BCUT2D eigenvalue weighted by Crippen LogP contribution is 2.22. The lowest BCUT2D eigenvalue weighted by Gasteiger charge is -2.10. The third-order valence-electron chi connectivity index (χ3n) is 3.66. The fourth-order valence-electron chi connectivity index (χ4n) is 2.35. The second-order valence-corrected chi connectivity index (χ2v) is 5.67. The van der Waals surface area contributed by atoms with E-state index in [1.165, 1.54) is 11.8 Å². The molecule has 1 amide bonds. The summed E-state index contributed by atoms with van der Waals surface area (Å²) in [5.41, 5.74) is 1.09. The van der Waals surface area contributed by atoms with Crippen molar-refractivity contribution < 1.29 is 14.3 Å². The van der Waals surface area contributed by atoms with Crippen LogP contribution >= 0.6 is 11.6 Å². The number of halogens is 1. The maximum absolute atomic E-state index is 12.5. The van der Waals surface area contributed by atoms with Gasteiger partial charge in [-0.1, -0.05) is 11.6 Å². The number of carbonyl (C=O) groups is 1. The molecular weight excluding hydrogens is 358 g/mol. The summed E-state index contributed by atoms with van der Waals surface area (Å²) < 4.78 is 11.9. The zero-order chi connectivity index (χ0) is 18.5. The van der Waals surface area contributed by atoms with E-state index in [0.717, 1.165) is 11.4 Å². The Morgan fingerprint density at radius 1 is 1.15 bits per heavy atom. The summed E-state index contributed by atoms with van der Waals surface area (Å²) in [6.45, 7) is 0.132. The molecule has 26 heavy (non-hydrogen) atoms. The highest BCUT2D eigenvalue weighted by Gasteiger charge is 2.15. The van der Waals surface area contributed by atoms with Gasteiger partial charge in [-0.15, -0.1) is 5.10 Å². The number of aromatic nitrogens is 4. The van der Waals surface area contributed by atoms with Crippen molar-refractivity contribution in [1.29, 1.82) is 0 Å². The number of nitrogens with one attached hydrogen (secondary N) is 1. The summed E-state index contributed by atoms with van der Waals surface area (Å²) in [7, 11) is 3.08. The quantitative estimate of drug-likeness (QED) is 0.712. The second-order valence-electron chi connectivity index (χ2n) is 5.23. The van der Waals surface area contributed by atoms with Gasteiger partial charge in [0.2, 0.25) is 0 Å². The van der Waals surface area contributed by atoms with E-state index in [0.29, 0.717) is 22.2 Å². The first kappa shape index (κ1) is 17.7. The Labute approximate surface area is 154 Å². The Kier molecular flexibility index (Phi) is 5.33. The Bertz CT molecular complexity index is 911. The van der Waals surface area contributed by atoms with Crippen LogP contribution in [0.15, 0.2) is 42.5 Å². The number of ether oxygens (including phenoxy) is 2. The topological polar surface area (TPSA) is 91.2 Å². The third-order valence-corrected chi connectivity index (χ3v) is 3.90. The van der Waals surface area contributed by atoms with Gasteiger partial charge in [0.05, 0.1) is 32.0 Å². The fourth-order valence-corrected chi connectivity index (χ4v) is 2.52. The van der Waals surface area contributed by atoms with E-state index >= 15 is 0 Å². The van der Waals surface area contributed by atoms with Crippen LogP contribution in [0.1, 0.15) is 16.2 Å². The molecule has 3 rings (SSSR count). The zero-order valence-corrected chi connectivity index (χ0v) is 14.9. The second kappa shape index (κ2) is 7.83. The van der Waals surface area contributed by atoms with E-state index in [4.69, 9.17) is 21.1 Å². The average molecular weight is 374 g/mol. The van der Waals surface area contributed by atoms with Crippen molar-refractivity contribution in [2.24, 2.45) is 0 Å². The highest BCUT2D eigenvalue weighted by atomic mass is 35.5. The van der Waals surface area contributed by atoms with Gasteiger partial charge in [0.25, 0.3) is 5.91 Å². The van der Waals surface area contributed by atoms with Gasteiger partial charge < -0.3 is 14.8 Å². The first-order valence-corrected chi connectivity index (χ1v) is 8.03. The minimum atomic E-state index is -0.339. The molecule has 9 heteroatoms. The molecule has 0 spiro atoms. The number of rotatable bonds is 6. The van der Waals surface area contributed by atoms with Crippen LogP contribution in [-0.2, 0) is 6.54 Å². The Morgan fingerprint density at radius 2 is 1.92 bits per heavy atom. The van der Waals surface area contributed by atoms with Crippen molar-refractivity contribution in [2.45, 2.75) is 6.54 Å². The Balaban J connectivity index is 1.76. The zero-order valence-electron chi connectivity index (χ0n) is 14.1. The average Bonchev–Trinajstić information content (AvgIpc) is 3.14. The maximum atomic E-state index is 12.5. The van der Waals surface area contributed by atoms with Crippen LogP contribution in [0.4, 0.5) is 0 Å². The maximum Gasteiger partial charge on any atom is 0.255 e. The molecule has 0 radical (unpaired) electrons. The monoisotopic (exact) mass is 373 g/mol. The number of methoxy groups -OCH3 is 2. The minimum Gasteiger partial charge on any atom is -0.497 e. The summed E-state index contributed by atoms with van der Waals surface area (Å²) in [5, 5.41) is 14.8. The van der Waals surface area contributed by atoms with E-state index in [2.05, 4.69) is 20.8 Å². The van der Waals surface area contributed by atoms with E-state index in [1.54, 1.807) is 37.4 Å². The van der Waals surface area contributed by atoms with Crippen LogP contribution < -0.4 is 14.8 Å². The molecule has 0 bridgehead atoms. The molecular formula is C17H16ClN5O3. The van der Waals surface area contributed by atoms with E-state index in [-0.39, 0.29) is 12.5 Å². The minimum absolute atomic E-state index is 0.132. The summed E-state index contributed by atoms with van der Waals surface area (Å²) >= 11 is 5.97. The lowest BCUT2D eigenvalue weighted by atomic mass is 10.2. The van der Waals surface area contributed by atoms with Crippen molar-refractivity contribution in [3.63, 3.8) is 0 Å². The molecule has 134 valence electrons. The number of hydrogen-bond acceptors (Lipinski definition) is 6. The Hall–Kier alpha value is -3.13. The molecule has 0 aliphatic heterocycles. The van der Waals surface area contributed by atoms with Gasteiger partial charge in [0, 0.05) is 5.02 Å². The normalized spacial score (nSPS) is 10.4. The first-order chi connectivity index (χ1) is 12.6. The summed E-state index contributed by atoms with van der Waals surface area (Å²) in [6.07, 6.45) is 0. The molecule has 0 atom stereocenters. The van der Waals surface area contributed by atoms with Crippen LogP contribution in [0.5, 0.6) is 11.5 Å². The molecule has 1 aromatic heterocycles. The molecule has 0 unspecified atom stereocenters. The first-order valence-electron chi connectivity index (χ1n) is 7.66. The smallest absolute Gasteiger partial charge is 0.255 e. The predicted octanol–water partition coefficient (Wildman–Crippen LogP) is 2.26. The molecule has 8 nitrogen and oxygen atoms in total. The van der Waals surface area contributed by atoms with Gasteiger partial charge >= 0.3 is 0 Å². The summed E-state index contributed by atoms with van der Waals surface area (Å²) in [5.74, 6) is 1.30. The van der Waals surface area contributed by atoms with Crippen LogP contribution in [0.2, 0.25) is 5.02 Å². The van der Waals surface area contributed by atoms with Crippen molar-refractivity contribution in [1.82, 2.24) is 25.5 Å². The van der Waals surface area contributed by atoms with E-state index in [1.807, 2.05) is 12.1 Å². The van der Waals surface area contributed by atoms with E-state index < -0.39 is 0 Å². The lowest BCUT2D eigenvalue weighted by molar-refractivity contribution is 0.0946. The third kappa shape index (κ3) is 3.75. The molecule has 2 aromatic carbocycles. The molecule has 3 aromatic rings.